The molecule has 1 aliphatic rings. The summed E-state index contributed by atoms with van der Waals surface area (Å²) in [7, 11) is 0. The molecule has 0 bridgehead atoms. The first-order valence-corrected chi connectivity index (χ1v) is 6.73. The molecule has 1 saturated carbocycles. The molecule has 3 rings (SSSR count). The third-order valence-electron chi connectivity index (χ3n) is 3.87. The number of fused-ring (bicyclic) bond motifs is 1. The summed E-state index contributed by atoms with van der Waals surface area (Å²) in [5.74, 6) is 0.786. The van der Waals surface area contributed by atoms with Crippen LogP contribution in [0.4, 0.5) is 5.82 Å². The maximum absolute atomic E-state index is 11.3. The fourth-order valence-corrected chi connectivity index (χ4v) is 2.92. The molecule has 1 atom stereocenters. The Bertz CT molecular complexity index is 642. The van der Waals surface area contributed by atoms with Crippen molar-refractivity contribution in [2.45, 2.75) is 45.6 Å². The zero-order valence-electron chi connectivity index (χ0n) is 11.3. The third-order valence-corrected chi connectivity index (χ3v) is 3.87. The van der Waals surface area contributed by atoms with Crippen molar-refractivity contribution in [1.82, 2.24) is 19.6 Å². The Morgan fingerprint density at radius 1 is 1.53 bits per heavy atom. The van der Waals surface area contributed by atoms with Gasteiger partial charge in [0.1, 0.15) is 12.1 Å². The van der Waals surface area contributed by atoms with E-state index in [1.165, 1.54) is 30.0 Å². The van der Waals surface area contributed by atoms with Gasteiger partial charge in [-0.15, -0.1) is 0 Å². The highest BCUT2D eigenvalue weighted by Crippen LogP contribution is 2.36. The second-order valence-corrected chi connectivity index (χ2v) is 6.13. The van der Waals surface area contributed by atoms with Crippen LogP contribution in [0.15, 0.2) is 17.2 Å². The topological polar surface area (TPSA) is 75.1 Å². The van der Waals surface area contributed by atoms with E-state index in [4.69, 9.17) is 0 Å². The van der Waals surface area contributed by atoms with E-state index in [-0.39, 0.29) is 5.69 Å². The molecule has 2 N–H and O–H groups in total. The van der Waals surface area contributed by atoms with Gasteiger partial charge in [-0.25, -0.2) is 19.3 Å². The monoisotopic (exact) mass is 261 g/mol. The fraction of sp³-hybridized carbons (Fsp3) is 0.615. The molecule has 1 unspecified atom stereocenters. The number of rotatable bonds is 2. The van der Waals surface area contributed by atoms with Gasteiger partial charge in [-0.2, -0.15) is 5.10 Å². The molecule has 6 heteroatoms. The first-order chi connectivity index (χ1) is 9.03. The lowest BCUT2D eigenvalue weighted by atomic mass is 9.75. The number of aromatic nitrogens is 4. The minimum Gasteiger partial charge on any atom is -0.367 e. The number of hydrogen-bond acceptors (Lipinski definition) is 4. The molecule has 2 aromatic rings. The molecule has 102 valence electrons. The van der Waals surface area contributed by atoms with Crippen LogP contribution in [0.1, 0.15) is 39.5 Å². The van der Waals surface area contributed by atoms with Crippen LogP contribution in [-0.2, 0) is 0 Å². The van der Waals surface area contributed by atoms with Gasteiger partial charge in [0, 0.05) is 12.1 Å². The maximum Gasteiger partial charge on any atom is 0.348 e. The molecule has 19 heavy (non-hydrogen) atoms. The molecule has 2 aromatic heterocycles. The van der Waals surface area contributed by atoms with Crippen LogP contribution >= 0.6 is 0 Å². The van der Waals surface area contributed by atoms with Crippen LogP contribution in [0, 0.1) is 5.41 Å². The third kappa shape index (κ3) is 2.47. The highest BCUT2D eigenvalue weighted by atomic mass is 16.1. The molecule has 0 spiro atoms. The fourth-order valence-electron chi connectivity index (χ4n) is 2.92. The summed E-state index contributed by atoms with van der Waals surface area (Å²) in [5.41, 5.74) is 0.731. The second-order valence-electron chi connectivity index (χ2n) is 6.13. The molecule has 1 fully saturated rings. The van der Waals surface area contributed by atoms with Crippen LogP contribution in [0.2, 0.25) is 0 Å². The normalized spacial score (nSPS) is 22.5. The van der Waals surface area contributed by atoms with E-state index in [2.05, 4.69) is 34.3 Å². The summed E-state index contributed by atoms with van der Waals surface area (Å²) < 4.78 is 1.40. The number of aromatic amines is 1. The smallest absolute Gasteiger partial charge is 0.348 e. The molecule has 0 saturated heterocycles. The standard InChI is InChI=1S/C13H19N5O/c1-13(2)5-3-4-9(7-13)15-10-6-11-16-17-12(19)18(11)8-14-10/h6,8-9,15H,3-5,7H2,1-2H3,(H,17,19). The van der Waals surface area contributed by atoms with Gasteiger partial charge in [0.2, 0.25) is 0 Å². The highest BCUT2D eigenvalue weighted by molar-refractivity contribution is 5.48. The molecular formula is C13H19N5O. The van der Waals surface area contributed by atoms with E-state index in [1.54, 1.807) is 6.07 Å². The number of nitrogens with zero attached hydrogens (tertiary/aromatic N) is 3. The SMILES string of the molecule is CC1(C)CCCC(Nc2cc3n[nH]c(=O)n3cn2)C1. The van der Waals surface area contributed by atoms with Gasteiger partial charge in [-0.05, 0) is 24.7 Å². The van der Waals surface area contributed by atoms with Crippen molar-refractivity contribution in [3.05, 3.63) is 22.9 Å². The Morgan fingerprint density at radius 2 is 2.37 bits per heavy atom. The molecule has 6 nitrogen and oxygen atoms in total. The highest BCUT2D eigenvalue weighted by Gasteiger charge is 2.27. The van der Waals surface area contributed by atoms with Gasteiger partial charge in [-0.1, -0.05) is 20.3 Å². The Balaban J connectivity index is 1.79. The summed E-state index contributed by atoms with van der Waals surface area (Å²) in [6.45, 7) is 4.62. The number of hydrogen-bond donors (Lipinski definition) is 2. The van der Waals surface area contributed by atoms with Gasteiger partial charge in [0.05, 0.1) is 0 Å². The molecular weight excluding hydrogens is 242 g/mol. The van der Waals surface area contributed by atoms with Gasteiger partial charge < -0.3 is 5.32 Å². The van der Waals surface area contributed by atoms with Crippen molar-refractivity contribution in [3.63, 3.8) is 0 Å². The number of H-pyrrole nitrogens is 1. The van der Waals surface area contributed by atoms with E-state index in [0.717, 1.165) is 12.2 Å². The lowest BCUT2D eigenvalue weighted by Crippen LogP contribution is -2.32. The van der Waals surface area contributed by atoms with Crippen molar-refractivity contribution in [1.29, 1.82) is 0 Å². The largest absolute Gasteiger partial charge is 0.367 e. The van der Waals surface area contributed by atoms with Crippen molar-refractivity contribution >= 4 is 11.5 Å². The quantitative estimate of drug-likeness (QED) is 0.864. The summed E-state index contributed by atoms with van der Waals surface area (Å²) in [4.78, 5) is 15.6. The predicted octanol–water partition coefficient (Wildman–Crippen LogP) is 1.80. The van der Waals surface area contributed by atoms with Crippen molar-refractivity contribution in [3.8, 4) is 0 Å². The maximum atomic E-state index is 11.3. The van der Waals surface area contributed by atoms with Crippen LogP contribution in [0.3, 0.4) is 0 Å². The minimum atomic E-state index is -0.257. The first kappa shape index (κ1) is 12.2. The minimum absolute atomic E-state index is 0.257. The van der Waals surface area contributed by atoms with Crippen LogP contribution < -0.4 is 11.0 Å². The molecule has 0 radical (unpaired) electrons. The van der Waals surface area contributed by atoms with Crippen LogP contribution in [0.25, 0.3) is 5.65 Å². The average molecular weight is 261 g/mol. The van der Waals surface area contributed by atoms with Crippen molar-refractivity contribution < 1.29 is 0 Å². The van der Waals surface area contributed by atoms with E-state index in [9.17, 15) is 4.79 Å². The van der Waals surface area contributed by atoms with Crippen LogP contribution in [0.5, 0.6) is 0 Å². The van der Waals surface area contributed by atoms with E-state index in [1.807, 2.05) is 0 Å². The van der Waals surface area contributed by atoms with Crippen molar-refractivity contribution in [2.75, 3.05) is 5.32 Å². The molecule has 0 aromatic carbocycles. The average Bonchev–Trinajstić information content (AvgIpc) is 2.69. The van der Waals surface area contributed by atoms with Crippen molar-refractivity contribution in [2.24, 2.45) is 5.41 Å². The van der Waals surface area contributed by atoms with Gasteiger partial charge in [0.15, 0.2) is 5.65 Å². The van der Waals surface area contributed by atoms with Gasteiger partial charge >= 0.3 is 5.69 Å². The van der Waals surface area contributed by atoms with Gasteiger partial charge in [0.25, 0.3) is 0 Å². The van der Waals surface area contributed by atoms with E-state index in [0.29, 0.717) is 17.1 Å². The molecule has 2 heterocycles. The predicted molar refractivity (Wildman–Crippen MR) is 73.3 cm³/mol. The van der Waals surface area contributed by atoms with Crippen LogP contribution in [-0.4, -0.2) is 25.6 Å². The second kappa shape index (κ2) is 4.36. The molecule has 0 amide bonds. The van der Waals surface area contributed by atoms with E-state index >= 15 is 0 Å². The van der Waals surface area contributed by atoms with E-state index < -0.39 is 0 Å². The van der Waals surface area contributed by atoms with Gasteiger partial charge in [-0.3, -0.25) is 0 Å². The molecule has 0 aliphatic heterocycles. The summed E-state index contributed by atoms with van der Waals surface area (Å²) in [6, 6.07) is 2.25. The lowest BCUT2D eigenvalue weighted by Gasteiger charge is -2.35. The zero-order valence-corrected chi connectivity index (χ0v) is 11.3. The lowest BCUT2D eigenvalue weighted by molar-refractivity contribution is 0.229. The molecule has 1 aliphatic carbocycles. The summed E-state index contributed by atoms with van der Waals surface area (Å²) in [6.07, 6.45) is 6.36. The Kier molecular flexibility index (Phi) is 2.80. The Labute approximate surface area is 111 Å². The zero-order chi connectivity index (χ0) is 13.5. The first-order valence-electron chi connectivity index (χ1n) is 6.73. The number of nitrogens with one attached hydrogen (secondary N) is 2. The Hall–Kier alpha value is -1.85. The summed E-state index contributed by atoms with van der Waals surface area (Å²) in [5, 5.41) is 9.81. The Morgan fingerprint density at radius 3 is 3.16 bits per heavy atom. The summed E-state index contributed by atoms with van der Waals surface area (Å²) >= 11 is 0. The number of anilines is 1.